The summed E-state index contributed by atoms with van der Waals surface area (Å²) in [5, 5.41) is 10.5. The number of aliphatic hydroxyl groups excluding tert-OH is 1. The summed E-state index contributed by atoms with van der Waals surface area (Å²) in [5.41, 5.74) is 0. The lowest BCUT2D eigenvalue weighted by Crippen LogP contribution is -2.42. The molecule has 3 rings (SSSR count). The molecule has 0 spiro atoms. The number of ether oxygens (including phenoxy) is 1. The first-order chi connectivity index (χ1) is 12.5. The standard InChI is InChI=1S/C20H29FN2O3/c1-3-23(4-2)20(25)13-22-11-14-9-18(24)19(10-15(14)12-22)26-17-7-5-16(21)6-8-17/h5-8,14-15,18-19,24H,3-4,9-13H2,1-2H3/t14-,15+,18+,19+/m0/s1. The Morgan fingerprint density at radius 3 is 2.42 bits per heavy atom. The van der Waals surface area contributed by atoms with Crippen LogP contribution in [0.2, 0.25) is 0 Å². The van der Waals surface area contributed by atoms with Gasteiger partial charge in [0, 0.05) is 26.2 Å². The van der Waals surface area contributed by atoms with E-state index in [1.807, 2.05) is 18.7 Å². The normalized spacial score (nSPS) is 28.6. The third-order valence-electron chi connectivity index (χ3n) is 5.74. The van der Waals surface area contributed by atoms with E-state index in [-0.39, 0.29) is 17.8 Å². The highest BCUT2D eigenvalue weighted by Crippen LogP contribution is 2.38. The molecule has 0 bridgehead atoms. The van der Waals surface area contributed by atoms with Gasteiger partial charge in [0.1, 0.15) is 17.7 Å². The Balaban J connectivity index is 1.56. The lowest BCUT2D eigenvalue weighted by molar-refractivity contribution is -0.131. The first kappa shape index (κ1) is 19.1. The first-order valence-electron chi connectivity index (χ1n) is 9.60. The summed E-state index contributed by atoms with van der Waals surface area (Å²) in [6.07, 6.45) is 0.644. The zero-order valence-electron chi connectivity index (χ0n) is 15.6. The zero-order valence-corrected chi connectivity index (χ0v) is 15.6. The predicted molar refractivity (Wildman–Crippen MR) is 97.4 cm³/mol. The molecular formula is C20H29FN2O3. The summed E-state index contributed by atoms with van der Waals surface area (Å²) < 4.78 is 18.9. The second kappa shape index (κ2) is 8.35. The van der Waals surface area contributed by atoms with E-state index in [1.54, 1.807) is 12.1 Å². The van der Waals surface area contributed by atoms with Crippen LogP contribution in [-0.4, -0.2) is 65.7 Å². The fourth-order valence-corrected chi connectivity index (χ4v) is 4.30. The lowest BCUT2D eigenvalue weighted by Gasteiger charge is -2.35. The average Bonchev–Trinajstić information content (AvgIpc) is 2.99. The molecule has 0 unspecified atom stereocenters. The monoisotopic (exact) mass is 364 g/mol. The molecule has 6 heteroatoms. The average molecular weight is 364 g/mol. The van der Waals surface area contributed by atoms with Crippen LogP contribution in [0.15, 0.2) is 24.3 Å². The molecule has 1 aliphatic heterocycles. The van der Waals surface area contributed by atoms with E-state index >= 15 is 0 Å². The van der Waals surface area contributed by atoms with Crippen molar-refractivity contribution in [2.75, 3.05) is 32.7 Å². The second-order valence-electron chi connectivity index (χ2n) is 7.43. The van der Waals surface area contributed by atoms with Crippen LogP contribution < -0.4 is 4.74 Å². The lowest BCUT2D eigenvalue weighted by atomic mass is 9.78. The Labute approximate surface area is 154 Å². The van der Waals surface area contributed by atoms with Crippen LogP contribution in [-0.2, 0) is 4.79 Å². The van der Waals surface area contributed by atoms with Crippen molar-refractivity contribution in [2.24, 2.45) is 11.8 Å². The van der Waals surface area contributed by atoms with Crippen molar-refractivity contribution in [3.8, 4) is 5.75 Å². The van der Waals surface area contributed by atoms with Crippen molar-refractivity contribution in [2.45, 2.75) is 38.9 Å². The molecule has 0 radical (unpaired) electrons. The smallest absolute Gasteiger partial charge is 0.236 e. The van der Waals surface area contributed by atoms with E-state index in [4.69, 9.17) is 4.74 Å². The van der Waals surface area contributed by atoms with Crippen molar-refractivity contribution in [1.29, 1.82) is 0 Å². The first-order valence-corrected chi connectivity index (χ1v) is 9.60. The summed E-state index contributed by atoms with van der Waals surface area (Å²) in [5.74, 6) is 1.29. The topological polar surface area (TPSA) is 53.0 Å². The molecule has 5 nitrogen and oxygen atoms in total. The van der Waals surface area contributed by atoms with Crippen LogP contribution in [0.5, 0.6) is 5.75 Å². The fraction of sp³-hybridized carbons (Fsp3) is 0.650. The van der Waals surface area contributed by atoms with Gasteiger partial charge < -0.3 is 14.7 Å². The minimum absolute atomic E-state index is 0.174. The Bertz CT molecular complexity index is 606. The van der Waals surface area contributed by atoms with E-state index in [0.29, 0.717) is 30.6 Å². The maximum Gasteiger partial charge on any atom is 0.236 e. The van der Waals surface area contributed by atoms with E-state index in [0.717, 1.165) is 32.6 Å². The summed E-state index contributed by atoms with van der Waals surface area (Å²) in [6.45, 7) is 7.66. The van der Waals surface area contributed by atoms with Gasteiger partial charge in [-0.15, -0.1) is 0 Å². The van der Waals surface area contributed by atoms with E-state index in [1.165, 1.54) is 12.1 Å². The number of fused-ring (bicyclic) bond motifs is 1. The summed E-state index contributed by atoms with van der Waals surface area (Å²) in [6, 6.07) is 5.92. The number of carbonyl (C=O) groups excluding carboxylic acids is 1. The quantitative estimate of drug-likeness (QED) is 0.840. The van der Waals surface area contributed by atoms with Crippen LogP contribution in [0, 0.1) is 17.7 Å². The third kappa shape index (κ3) is 4.35. The molecule has 2 aliphatic rings. The molecule has 1 heterocycles. The molecule has 144 valence electrons. The van der Waals surface area contributed by atoms with Gasteiger partial charge in [-0.25, -0.2) is 4.39 Å². The maximum absolute atomic E-state index is 13.0. The van der Waals surface area contributed by atoms with Crippen molar-refractivity contribution in [3.63, 3.8) is 0 Å². The Morgan fingerprint density at radius 2 is 1.81 bits per heavy atom. The van der Waals surface area contributed by atoms with Crippen LogP contribution in [0.4, 0.5) is 4.39 Å². The van der Waals surface area contributed by atoms with Crippen molar-refractivity contribution in [1.82, 2.24) is 9.80 Å². The fourth-order valence-electron chi connectivity index (χ4n) is 4.30. The number of likely N-dealkylation sites (N-methyl/N-ethyl adjacent to an activating group) is 1. The highest BCUT2D eigenvalue weighted by molar-refractivity contribution is 5.78. The molecule has 1 saturated heterocycles. The molecule has 1 aromatic rings. The number of likely N-dealkylation sites (tertiary alicyclic amines) is 1. The minimum atomic E-state index is -0.528. The van der Waals surface area contributed by atoms with Gasteiger partial charge in [-0.2, -0.15) is 0 Å². The maximum atomic E-state index is 13.0. The number of rotatable bonds is 6. The summed E-state index contributed by atoms with van der Waals surface area (Å²) in [4.78, 5) is 16.4. The van der Waals surface area contributed by atoms with E-state index in [9.17, 15) is 14.3 Å². The van der Waals surface area contributed by atoms with Crippen LogP contribution in [0.1, 0.15) is 26.7 Å². The molecule has 26 heavy (non-hydrogen) atoms. The van der Waals surface area contributed by atoms with Crippen LogP contribution >= 0.6 is 0 Å². The van der Waals surface area contributed by atoms with Crippen molar-refractivity contribution in [3.05, 3.63) is 30.1 Å². The number of hydrogen-bond acceptors (Lipinski definition) is 4. The number of hydrogen-bond donors (Lipinski definition) is 1. The minimum Gasteiger partial charge on any atom is -0.488 e. The van der Waals surface area contributed by atoms with Crippen molar-refractivity contribution < 1.29 is 19.0 Å². The molecule has 1 aliphatic carbocycles. The molecule has 1 saturated carbocycles. The SMILES string of the molecule is CCN(CC)C(=O)CN1C[C@H]2C[C@@H](Oc3ccc(F)cc3)[C@H](O)C[C@H]2C1. The molecule has 2 fully saturated rings. The summed E-state index contributed by atoms with van der Waals surface area (Å²) >= 11 is 0. The van der Waals surface area contributed by atoms with Gasteiger partial charge in [0.2, 0.25) is 5.91 Å². The number of aliphatic hydroxyl groups is 1. The second-order valence-corrected chi connectivity index (χ2v) is 7.43. The van der Waals surface area contributed by atoms with Gasteiger partial charge in [-0.05, 0) is 62.8 Å². The molecule has 1 aromatic carbocycles. The predicted octanol–water partition coefficient (Wildman–Crippen LogP) is 2.14. The zero-order chi connectivity index (χ0) is 18.7. The number of benzene rings is 1. The third-order valence-corrected chi connectivity index (χ3v) is 5.74. The molecule has 1 amide bonds. The number of amides is 1. The Morgan fingerprint density at radius 1 is 1.19 bits per heavy atom. The van der Waals surface area contributed by atoms with Gasteiger partial charge in [0.05, 0.1) is 12.6 Å². The van der Waals surface area contributed by atoms with Crippen LogP contribution in [0.25, 0.3) is 0 Å². The molecule has 0 aromatic heterocycles. The van der Waals surface area contributed by atoms with Gasteiger partial charge in [0.15, 0.2) is 0 Å². The van der Waals surface area contributed by atoms with Crippen molar-refractivity contribution >= 4 is 5.91 Å². The largest absolute Gasteiger partial charge is 0.488 e. The van der Waals surface area contributed by atoms with Gasteiger partial charge in [-0.1, -0.05) is 0 Å². The number of nitrogens with zero attached hydrogens (tertiary/aromatic N) is 2. The highest BCUT2D eigenvalue weighted by atomic mass is 19.1. The number of carbonyl (C=O) groups is 1. The Hall–Kier alpha value is -1.66. The molecular weight excluding hydrogens is 335 g/mol. The van der Waals surface area contributed by atoms with Gasteiger partial charge >= 0.3 is 0 Å². The van der Waals surface area contributed by atoms with Gasteiger partial charge in [0.25, 0.3) is 0 Å². The number of halogens is 1. The summed E-state index contributed by atoms with van der Waals surface area (Å²) in [7, 11) is 0. The Kier molecular flexibility index (Phi) is 6.14. The van der Waals surface area contributed by atoms with E-state index in [2.05, 4.69) is 4.90 Å². The molecule has 1 N–H and O–H groups in total. The van der Waals surface area contributed by atoms with E-state index < -0.39 is 6.10 Å². The van der Waals surface area contributed by atoms with Crippen LogP contribution in [0.3, 0.4) is 0 Å². The highest BCUT2D eigenvalue weighted by Gasteiger charge is 2.43. The van der Waals surface area contributed by atoms with Gasteiger partial charge in [-0.3, -0.25) is 9.69 Å². The molecule has 4 atom stereocenters.